The van der Waals surface area contributed by atoms with E-state index < -0.39 is 6.10 Å². The number of nitrogens with zero attached hydrogens (tertiary/aromatic N) is 1. The molecule has 2 aliphatic carbocycles. The summed E-state index contributed by atoms with van der Waals surface area (Å²) in [5.41, 5.74) is 1.06. The zero-order chi connectivity index (χ0) is 22.1. The van der Waals surface area contributed by atoms with Gasteiger partial charge in [0, 0.05) is 5.56 Å². The van der Waals surface area contributed by atoms with Gasteiger partial charge in [0.2, 0.25) is 6.10 Å². The SMILES string of the molecule is CC1(CSC[C@H]2[C@@H](C(=O)OC(C#N)c3cccc(Oc4ccccc4)c3)C2(C)C)CC1. The molecule has 4 nitrogen and oxygen atoms in total. The van der Waals surface area contributed by atoms with Crippen LogP contribution in [0.1, 0.15) is 45.3 Å². The molecule has 0 saturated heterocycles. The minimum atomic E-state index is -0.943. The molecule has 162 valence electrons. The van der Waals surface area contributed by atoms with Gasteiger partial charge in [0.25, 0.3) is 0 Å². The van der Waals surface area contributed by atoms with Crippen LogP contribution in [0.5, 0.6) is 11.5 Å². The maximum atomic E-state index is 12.9. The molecule has 0 amide bonds. The second-order valence-corrected chi connectivity index (χ2v) is 10.7. The first-order chi connectivity index (χ1) is 14.8. The molecule has 5 heteroatoms. The van der Waals surface area contributed by atoms with E-state index in [4.69, 9.17) is 9.47 Å². The highest BCUT2D eigenvalue weighted by Crippen LogP contribution is 2.60. The quantitative estimate of drug-likeness (QED) is 0.427. The van der Waals surface area contributed by atoms with Crippen molar-refractivity contribution < 1.29 is 14.3 Å². The third kappa shape index (κ3) is 5.07. The van der Waals surface area contributed by atoms with Crippen LogP contribution in [-0.2, 0) is 9.53 Å². The number of hydrogen-bond acceptors (Lipinski definition) is 5. The molecule has 3 atom stereocenters. The second kappa shape index (κ2) is 8.59. The van der Waals surface area contributed by atoms with E-state index in [0.29, 0.717) is 28.4 Å². The Bertz CT molecular complexity index is 978. The van der Waals surface area contributed by atoms with Crippen LogP contribution in [-0.4, -0.2) is 17.5 Å². The molecule has 4 rings (SSSR count). The van der Waals surface area contributed by atoms with Gasteiger partial charge in [0.05, 0.1) is 5.92 Å². The standard InChI is InChI=1S/C26H29NO3S/c1-25(2)21(16-31-17-26(3)12-13-26)23(25)24(28)30-22(15-27)18-8-7-11-20(14-18)29-19-9-5-4-6-10-19/h4-11,14,21-23H,12-13,16-17H2,1-3H3/t21-,22?,23-/m0/s1. The Morgan fingerprint density at radius 1 is 1.13 bits per heavy atom. The third-order valence-electron chi connectivity index (χ3n) is 6.65. The molecule has 0 heterocycles. The Kier molecular flexibility index (Phi) is 6.03. The summed E-state index contributed by atoms with van der Waals surface area (Å²) in [5, 5.41) is 9.67. The Labute approximate surface area is 188 Å². The van der Waals surface area contributed by atoms with Crippen molar-refractivity contribution >= 4 is 17.7 Å². The summed E-state index contributed by atoms with van der Waals surface area (Å²) in [6.07, 6.45) is 1.69. The first-order valence-electron chi connectivity index (χ1n) is 10.8. The van der Waals surface area contributed by atoms with Gasteiger partial charge >= 0.3 is 5.97 Å². The molecule has 0 N–H and O–H groups in total. The summed E-state index contributed by atoms with van der Waals surface area (Å²) in [4.78, 5) is 12.9. The largest absolute Gasteiger partial charge is 0.457 e. The lowest BCUT2D eigenvalue weighted by Crippen LogP contribution is -2.14. The lowest BCUT2D eigenvalue weighted by atomic mass is 10.1. The van der Waals surface area contributed by atoms with Crippen LogP contribution in [0.25, 0.3) is 0 Å². The second-order valence-electron chi connectivity index (χ2n) is 9.66. The fraction of sp³-hybridized carbons (Fsp3) is 0.462. The molecule has 2 aliphatic rings. The summed E-state index contributed by atoms with van der Waals surface area (Å²) in [6, 6.07) is 18.8. The van der Waals surface area contributed by atoms with Gasteiger partial charge in [0.1, 0.15) is 17.6 Å². The van der Waals surface area contributed by atoms with Crippen molar-refractivity contribution in [1.29, 1.82) is 5.26 Å². The molecule has 2 aromatic carbocycles. The number of carbonyl (C=O) groups excluding carboxylic acids is 1. The van der Waals surface area contributed by atoms with Crippen LogP contribution in [0.3, 0.4) is 0 Å². The lowest BCUT2D eigenvalue weighted by molar-refractivity contribution is -0.149. The van der Waals surface area contributed by atoms with Crippen LogP contribution < -0.4 is 4.74 Å². The highest BCUT2D eigenvalue weighted by Gasteiger charge is 2.62. The van der Waals surface area contributed by atoms with Crippen molar-refractivity contribution in [3.63, 3.8) is 0 Å². The number of benzene rings is 2. The predicted octanol–water partition coefficient (Wildman–Crippen LogP) is 6.39. The molecular weight excluding hydrogens is 406 g/mol. The average molecular weight is 436 g/mol. The fourth-order valence-electron chi connectivity index (χ4n) is 4.04. The van der Waals surface area contributed by atoms with E-state index in [2.05, 4.69) is 26.8 Å². The summed E-state index contributed by atoms with van der Waals surface area (Å²) in [5.74, 6) is 3.34. The lowest BCUT2D eigenvalue weighted by Gasteiger charge is -2.13. The summed E-state index contributed by atoms with van der Waals surface area (Å²) in [7, 11) is 0. The predicted molar refractivity (Wildman–Crippen MR) is 123 cm³/mol. The molecule has 2 saturated carbocycles. The van der Waals surface area contributed by atoms with E-state index in [1.54, 1.807) is 12.1 Å². The van der Waals surface area contributed by atoms with E-state index in [-0.39, 0.29) is 17.3 Å². The zero-order valence-corrected chi connectivity index (χ0v) is 19.2. The third-order valence-corrected chi connectivity index (χ3v) is 8.14. The number of hydrogen-bond donors (Lipinski definition) is 0. The van der Waals surface area contributed by atoms with Gasteiger partial charge in [-0.05, 0) is 65.4 Å². The molecule has 2 fully saturated rings. The maximum Gasteiger partial charge on any atom is 0.311 e. The van der Waals surface area contributed by atoms with E-state index in [1.165, 1.54) is 12.8 Å². The molecule has 0 radical (unpaired) electrons. The number of carbonyl (C=O) groups is 1. The Balaban J connectivity index is 1.37. The van der Waals surface area contributed by atoms with Gasteiger partial charge in [-0.1, -0.05) is 51.1 Å². The molecule has 2 aromatic rings. The fourth-order valence-corrected chi connectivity index (χ4v) is 5.81. The van der Waals surface area contributed by atoms with E-state index >= 15 is 0 Å². The van der Waals surface area contributed by atoms with E-state index in [1.807, 2.05) is 54.2 Å². The van der Waals surface area contributed by atoms with Crippen LogP contribution in [0.2, 0.25) is 0 Å². The molecule has 0 aromatic heterocycles. The monoisotopic (exact) mass is 435 g/mol. The minimum Gasteiger partial charge on any atom is -0.457 e. The van der Waals surface area contributed by atoms with Crippen molar-refractivity contribution in [3.8, 4) is 17.6 Å². The van der Waals surface area contributed by atoms with Gasteiger partial charge in [-0.2, -0.15) is 17.0 Å². The van der Waals surface area contributed by atoms with Gasteiger partial charge in [-0.25, -0.2) is 0 Å². The van der Waals surface area contributed by atoms with E-state index in [9.17, 15) is 10.1 Å². The summed E-state index contributed by atoms with van der Waals surface area (Å²) >= 11 is 1.95. The number of ether oxygens (including phenoxy) is 2. The minimum absolute atomic E-state index is 0.0766. The normalized spacial score (nSPS) is 23.3. The summed E-state index contributed by atoms with van der Waals surface area (Å²) in [6.45, 7) is 6.58. The Hall–Kier alpha value is -2.45. The van der Waals surface area contributed by atoms with Crippen LogP contribution in [0.15, 0.2) is 54.6 Å². The number of para-hydroxylation sites is 1. The Morgan fingerprint density at radius 3 is 2.52 bits per heavy atom. The maximum absolute atomic E-state index is 12.9. The first-order valence-corrected chi connectivity index (χ1v) is 12.0. The number of rotatable bonds is 9. The topological polar surface area (TPSA) is 59.3 Å². The average Bonchev–Trinajstić information content (AvgIpc) is 3.62. The molecule has 0 spiro atoms. The van der Waals surface area contributed by atoms with Crippen molar-refractivity contribution in [1.82, 2.24) is 0 Å². The van der Waals surface area contributed by atoms with Crippen molar-refractivity contribution in [2.24, 2.45) is 22.7 Å². The molecular formula is C26H29NO3S. The van der Waals surface area contributed by atoms with Crippen LogP contribution in [0, 0.1) is 34.0 Å². The molecule has 0 bridgehead atoms. The zero-order valence-electron chi connectivity index (χ0n) is 18.3. The van der Waals surface area contributed by atoms with Gasteiger partial charge in [0.15, 0.2) is 0 Å². The number of thioether (sulfide) groups is 1. The highest BCUT2D eigenvalue weighted by atomic mass is 32.2. The van der Waals surface area contributed by atoms with Crippen LogP contribution in [0.4, 0.5) is 0 Å². The van der Waals surface area contributed by atoms with Crippen LogP contribution >= 0.6 is 11.8 Å². The van der Waals surface area contributed by atoms with Crippen molar-refractivity contribution in [2.75, 3.05) is 11.5 Å². The summed E-state index contributed by atoms with van der Waals surface area (Å²) < 4.78 is 11.5. The molecule has 1 unspecified atom stereocenters. The first kappa shape index (κ1) is 21.8. The van der Waals surface area contributed by atoms with E-state index in [0.717, 1.165) is 11.5 Å². The van der Waals surface area contributed by atoms with Gasteiger partial charge in [-0.3, -0.25) is 4.79 Å². The number of nitriles is 1. The van der Waals surface area contributed by atoms with Crippen molar-refractivity contribution in [3.05, 3.63) is 60.2 Å². The smallest absolute Gasteiger partial charge is 0.311 e. The molecule has 31 heavy (non-hydrogen) atoms. The van der Waals surface area contributed by atoms with Crippen molar-refractivity contribution in [2.45, 2.75) is 39.7 Å². The molecule has 0 aliphatic heterocycles. The van der Waals surface area contributed by atoms with Gasteiger partial charge < -0.3 is 9.47 Å². The number of esters is 1. The Morgan fingerprint density at radius 2 is 1.84 bits per heavy atom. The highest BCUT2D eigenvalue weighted by molar-refractivity contribution is 7.99. The van der Waals surface area contributed by atoms with Gasteiger partial charge in [-0.15, -0.1) is 0 Å².